The predicted molar refractivity (Wildman–Crippen MR) is 74.8 cm³/mol. The van der Waals surface area contributed by atoms with Crippen molar-refractivity contribution in [3.63, 3.8) is 0 Å². The number of benzene rings is 1. The van der Waals surface area contributed by atoms with E-state index >= 15 is 0 Å². The summed E-state index contributed by atoms with van der Waals surface area (Å²) in [5.74, 6) is 1.96. The first kappa shape index (κ1) is 13.2. The Hall–Kier alpha value is -1.75. The summed E-state index contributed by atoms with van der Waals surface area (Å²) >= 11 is 0. The number of nitrogens with one attached hydrogen (secondary N) is 1. The van der Waals surface area contributed by atoms with Crippen molar-refractivity contribution < 1.29 is 4.39 Å². The Balaban J connectivity index is 1.51. The Morgan fingerprint density at radius 1 is 1.20 bits per heavy atom. The monoisotopic (exact) mass is 274 g/mol. The maximum absolute atomic E-state index is 13.5. The third-order valence-corrected chi connectivity index (χ3v) is 3.75. The van der Waals surface area contributed by atoms with Crippen molar-refractivity contribution in [2.24, 2.45) is 0 Å². The van der Waals surface area contributed by atoms with E-state index in [1.54, 1.807) is 6.07 Å². The van der Waals surface area contributed by atoms with Gasteiger partial charge in [-0.15, -0.1) is 10.2 Å². The van der Waals surface area contributed by atoms with Crippen LogP contribution < -0.4 is 5.32 Å². The van der Waals surface area contributed by atoms with Gasteiger partial charge in [-0.25, -0.2) is 4.39 Å². The van der Waals surface area contributed by atoms with E-state index in [-0.39, 0.29) is 5.82 Å². The molecule has 4 nitrogen and oxygen atoms in total. The molecule has 0 saturated carbocycles. The highest BCUT2D eigenvalue weighted by Crippen LogP contribution is 2.14. The molecular weight excluding hydrogens is 255 g/mol. The van der Waals surface area contributed by atoms with Crippen LogP contribution in [-0.2, 0) is 25.9 Å². The highest BCUT2D eigenvalue weighted by molar-refractivity contribution is 5.17. The highest BCUT2D eigenvalue weighted by atomic mass is 19.1. The van der Waals surface area contributed by atoms with Crippen LogP contribution in [0.1, 0.15) is 30.1 Å². The van der Waals surface area contributed by atoms with Crippen molar-refractivity contribution in [2.45, 2.75) is 38.8 Å². The average molecular weight is 274 g/mol. The Morgan fingerprint density at radius 3 is 3.00 bits per heavy atom. The molecule has 5 heteroatoms. The first-order valence-electron chi connectivity index (χ1n) is 7.19. The number of aryl methyl sites for hydroxylation is 1. The number of halogens is 1. The SMILES string of the molecule is Fc1ccccc1CCNCc1nnc2n1CCCC2. The molecule has 0 amide bonds. The first-order chi connectivity index (χ1) is 9.84. The lowest BCUT2D eigenvalue weighted by molar-refractivity contribution is 0.497. The number of fused-ring (bicyclic) bond motifs is 1. The Labute approximate surface area is 118 Å². The van der Waals surface area contributed by atoms with Gasteiger partial charge in [-0.05, 0) is 37.4 Å². The molecule has 0 saturated heterocycles. The van der Waals surface area contributed by atoms with E-state index in [1.165, 1.54) is 18.9 Å². The molecule has 3 rings (SSSR count). The summed E-state index contributed by atoms with van der Waals surface area (Å²) in [5.41, 5.74) is 0.753. The van der Waals surface area contributed by atoms with E-state index in [0.717, 1.165) is 36.7 Å². The van der Waals surface area contributed by atoms with Gasteiger partial charge in [-0.1, -0.05) is 18.2 Å². The van der Waals surface area contributed by atoms with Crippen LogP contribution in [0.25, 0.3) is 0 Å². The van der Waals surface area contributed by atoms with Crippen molar-refractivity contribution in [1.29, 1.82) is 0 Å². The summed E-state index contributed by atoms with van der Waals surface area (Å²) in [7, 11) is 0. The topological polar surface area (TPSA) is 42.7 Å². The van der Waals surface area contributed by atoms with Gasteiger partial charge in [0.25, 0.3) is 0 Å². The van der Waals surface area contributed by atoms with Crippen molar-refractivity contribution in [3.05, 3.63) is 47.3 Å². The Kier molecular flexibility index (Phi) is 4.06. The minimum atomic E-state index is -0.130. The summed E-state index contributed by atoms with van der Waals surface area (Å²) in [5, 5.41) is 11.8. The minimum absolute atomic E-state index is 0.130. The molecule has 0 atom stereocenters. The average Bonchev–Trinajstić information content (AvgIpc) is 2.89. The summed E-state index contributed by atoms with van der Waals surface area (Å²) in [4.78, 5) is 0. The fraction of sp³-hybridized carbons (Fsp3) is 0.467. The second kappa shape index (κ2) is 6.13. The molecule has 0 spiro atoms. The zero-order chi connectivity index (χ0) is 13.8. The fourth-order valence-electron chi connectivity index (χ4n) is 2.62. The molecule has 0 bridgehead atoms. The van der Waals surface area contributed by atoms with E-state index in [1.807, 2.05) is 12.1 Å². The van der Waals surface area contributed by atoms with Gasteiger partial charge in [0.1, 0.15) is 17.5 Å². The van der Waals surface area contributed by atoms with Gasteiger partial charge < -0.3 is 9.88 Å². The number of hydrogen-bond acceptors (Lipinski definition) is 3. The molecule has 0 aliphatic carbocycles. The number of aromatic nitrogens is 3. The molecule has 0 fully saturated rings. The van der Waals surface area contributed by atoms with E-state index in [4.69, 9.17) is 0 Å². The van der Waals surface area contributed by atoms with Crippen molar-refractivity contribution in [3.8, 4) is 0 Å². The molecule has 1 N–H and O–H groups in total. The van der Waals surface area contributed by atoms with Gasteiger partial charge in [0.15, 0.2) is 0 Å². The molecule has 106 valence electrons. The number of hydrogen-bond donors (Lipinski definition) is 1. The minimum Gasteiger partial charge on any atom is -0.314 e. The van der Waals surface area contributed by atoms with Gasteiger partial charge in [0.05, 0.1) is 6.54 Å². The zero-order valence-corrected chi connectivity index (χ0v) is 11.5. The lowest BCUT2D eigenvalue weighted by Gasteiger charge is -2.14. The maximum Gasteiger partial charge on any atom is 0.147 e. The van der Waals surface area contributed by atoms with Gasteiger partial charge in [0, 0.05) is 13.0 Å². The van der Waals surface area contributed by atoms with Crippen LogP contribution in [0, 0.1) is 5.82 Å². The van der Waals surface area contributed by atoms with Gasteiger partial charge in [-0.2, -0.15) is 0 Å². The quantitative estimate of drug-likeness (QED) is 0.849. The second-order valence-corrected chi connectivity index (χ2v) is 5.16. The van der Waals surface area contributed by atoms with Gasteiger partial charge >= 0.3 is 0 Å². The molecule has 1 aliphatic rings. The normalized spacial score (nSPS) is 14.2. The summed E-state index contributed by atoms with van der Waals surface area (Å²) in [6, 6.07) is 6.92. The van der Waals surface area contributed by atoms with E-state index in [2.05, 4.69) is 20.1 Å². The molecule has 1 aromatic carbocycles. The summed E-state index contributed by atoms with van der Waals surface area (Å²) in [6.07, 6.45) is 4.13. The van der Waals surface area contributed by atoms with E-state index < -0.39 is 0 Å². The standard InChI is InChI=1S/C15H19FN4/c16-13-6-2-1-5-12(13)8-9-17-11-15-19-18-14-7-3-4-10-20(14)15/h1-2,5-6,17H,3-4,7-11H2. The Morgan fingerprint density at radius 2 is 2.10 bits per heavy atom. The predicted octanol–water partition coefficient (Wildman–Crippen LogP) is 2.09. The third-order valence-electron chi connectivity index (χ3n) is 3.75. The molecule has 0 unspecified atom stereocenters. The highest BCUT2D eigenvalue weighted by Gasteiger charge is 2.14. The van der Waals surface area contributed by atoms with E-state index in [0.29, 0.717) is 13.0 Å². The lowest BCUT2D eigenvalue weighted by Crippen LogP contribution is -2.21. The van der Waals surface area contributed by atoms with Crippen molar-refractivity contribution in [1.82, 2.24) is 20.1 Å². The number of rotatable bonds is 5. The first-order valence-corrected chi connectivity index (χ1v) is 7.19. The van der Waals surface area contributed by atoms with Gasteiger partial charge in [-0.3, -0.25) is 0 Å². The van der Waals surface area contributed by atoms with Crippen LogP contribution in [0.15, 0.2) is 24.3 Å². The summed E-state index contributed by atoms with van der Waals surface area (Å²) < 4.78 is 15.7. The van der Waals surface area contributed by atoms with E-state index in [9.17, 15) is 4.39 Å². The van der Waals surface area contributed by atoms with Gasteiger partial charge in [0.2, 0.25) is 0 Å². The third kappa shape index (κ3) is 2.88. The van der Waals surface area contributed by atoms with Crippen LogP contribution in [0.5, 0.6) is 0 Å². The summed E-state index contributed by atoms with van der Waals surface area (Å²) in [6.45, 7) is 2.46. The van der Waals surface area contributed by atoms with Crippen molar-refractivity contribution in [2.75, 3.05) is 6.54 Å². The lowest BCUT2D eigenvalue weighted by atomic mass is 10.1. The van der Waals surface area contributed by atoms with Crippen molar-refractivity contribution >= 4 is 0 Å². The maximum atomic E-state index is 13.5. The van der Waals surface area contributed by atoms with Crippen LogP contribution in [0.4, 0.5) is 4.39 Å². The zero-order valence-electron chi connectivity index (χ0n) is 11.5. The molecule has 2 aromatic rings. The molecule has 2 heterocycles. The molecule has 0 radical (unpaired) electrons. The van der Waals surface area contributed by atoms with Crippen LogP contribution >= 0.6 is 0 Å². The smallest absolute Gasteiger partial charge is 0.147 e. The van der Waals surface area contributed by atoms with Crippen LogP contribution in [0.2, 0.25) is 0 Å². The molecule has 1 aromatic heterocycles. The second-order valence-electron chi connectivity index (χ2n) is 5.16. The van der Waals surface area contributed by atoms with Crippen LogP contribution in [-0.4, -0.2) is 21.3 Å². The van der Waals surface area contributed by atoms with Crippen LogP contribution in [0.3, 0.4) is 0 Å². The fourth-order valence-corrected chi connectivity index (χ4v) is 2.62. The largest absolute Gasteiger partial charge is 0.314 e. The molecule has 20 heavy (non-hydrogen) atoms. The Bertz CT molecular complexity index is 579. The molecule has 1 aliphatic heterocycles. The number of nitrogens with zero attached hydrogens (tertiary/aromatic N) is 3. The molecular formula is C15H19FN4.